The first-order valence-electron chi connectivity index (χ1n) is 48.5. The molecule has 5 aliphatic rings. The molecule has 0 saturated carbocycles. The summed E-state index contributed by atoms with van der Waals surface area (Å²) in [6, 6.07) is -2.18. The first-order chi connectivity index (χ1) is 67.8. The van der Waals surface area contributed by atoms with Gasteiger partial charge < -0.3 is 103 Å². The molecule has 45 heteroatoms. The van der Waals surface area contributed by atoms with Gasteiger partial charge in [0.25, 0.3) is 5.91 Å². The SMILES string of the molecule is CCCC[C@H]1C(=O)N(C)[C@@H](CCCC)C(=O)N[C@@H](CC(C)C)C(=O)N[C@H](C(N)=O)C(C)(C)SCC(=O)N[C@@H](Cc2ccc(F)cc2)C(=O)N2CCCC[C@H]2C(=O)N[C@@H](CC(=O)O)C(=O)N2CCC[C@H]2C(=O)N[C@@H](CC2=CN=CC2)C(=O)N[C@@H](CCC(=O)O)C(=O)N2C[C@H](O)C[C@H]2C(=O)C[C@@H](Cc2c[nH]c3ccccc23)C(=O)N[C@@H](CCN)C(=O)N[C@@H](Cc2cn(CC(=O)NS(C)(=O)=O)c3ccccc23)C(=O)N1C. The van der Waals surface area contributed by atoms with Gasteiger partial charge in [-0.05, 0) is 150 Å². The molecule has 10 rings (SSSR count). The van der Waals surface area contributed by atoms with Gasteiger partial charge >= 0.3 is 11.9 Å². The van der Waals surface area contributed by atoms with Crippen LogP contribution in [0.4, 0.5) is 4.39 Å². The quantitative estimate of drug-likeness (QED) is 0.0356. The second-order valence-electron chi connectivity index (χ2n) is 38.4. The van der Waals surface area contributed by atoms with Gasteiger partial charge in [0, 0.05) is 130 Å². The summed E-state index contributed by atoms with van der Waals surface area (Å²) in [7, 11) is -1.41. The van der Waals surface area contributed by atoms with Crippen LogP contribution in [0.5, 0.6) is 0 Å². The zero-order valence-corrected chi connectivity index (χ0v) is 83.6. The van der Waals surface area contributed by atoms with Gasteiger partial charge in [-0.25, -0.2) is 12.8 Å². The van der Waals surface area contributed by atoms with Gasteiger partial charge in [-0.1, -0.05) is 102 Å². The molecule has 2 aromatic heterocycles. The van der Waals surface area contributed by atoms with Crippen molar-refractivity contribution >= 4 is 156 Å². The van der Waals surface area contributed by atoms with E-state index in [1.165, 1.54) is 63.3 Å². The number of aliphatic carboxylic acids is 2. The van der Waals surface area contributed by atoms with E-state index in [0.29, 0.717) is 82.6 Å². The number of thioether (sulfide) groups is 1. The third-order valence-electron chi connectivity index (χ3n) is 26.6. The lowest BCUT2D eigenvalue weighted by molar-refractivity contribution is -0.149. The minimum absolute atomic E-state index is 0.00982. The van der Waals surface area contributed by atoms with Crippen molar-refractivity contribution in [1.29, 1.82) is 0 Å². The maximum atomic E-state index is 16.1. The maximum absolute atomic E-state index is 16.1. The second kappa shape index (κ2) is 51.3. The topological polar surface area (TPSA) is 612 Å². The number of aliphatic hydroxyl groups excluding tert-OH is 1. The van der Waals surface area contributed by atoms with Crippen molar-refractivity contribution in [1.82, 2.24) is 81.3 Å². The van der Waals surface area contributed by atoms with Crippen molar-refractivity contribution < 1.29 is 114 Å². The van der Waals surface area contributed by atoms with Crippen molar-refractivity contribution in [3.63, 3.8) is 0 Å². The molecule has 778 valence electrons. The number of aromatic nitrogens is 2. The Morgan fingerprint density at radius 2 is 1.18 bits per heavy atom. The van der Waals surface area contributed by atoms with Gasteiger partial charge in [-0.15, -0.1) is 11.8 Å². The first-order valence-corrected chi connectivity index (χ1v) is 51.4. The van der Waals surface area contributed by atoms with Crippen LogP contribution >= 0.6 is 11.8 Å². The molecular formula is C98H134FN19O23S2. The Hall–Kier alpha value is -13.0. The molecule has 15 atom stereocenters. The van der Waals surface area contributed by atoms with Crippen LogP contribution in [0.25, 0.3) is 21.8 Å². The zero-order chi connectivity index (χ0) is 105. The molecular weight excluding hydrogens is 1890 g/mol. The van der Waals surface area contributed by atoms with E-state index in [1.54, 1.807) is 68.6 Å². The number of para-hydroxylation sites is 2. The van der Waals surface area contributed by atoms with Crippen molar-refractivity contribution in [2.75, 3.05) is 52.3 Å². The largest absolute Gasteiger partial charge is 0.481 e. The Labute approximate surface area is 832 Å². The fraction of sp³-hybridized carbons (Fsp3) is 0.561. The number of nitrogens with one attached hydrogen (secondary N) is 10. The average Bonchev–Trinajstić information content (AvgIpc) is 1.77. The number of aliphatic imine (C=N–C) groups is 1. The highest BCUT2D eigenvalue weighted by Crippen LogP contribution is 2.34. The first kappa shape index (κ1) is 112. The van der Waals surface area contributed by atoms with Crippen molar-refractivity contribution in [2.45, 2.75) is 285 Å². The summed E-state index contributed by atoms with van der Waals surface area (Å²) < 4.78 is 41.2. The summed E-state index contributed by atoms with van der Waals surface area (Å²) >= 11 is 0.828. The lowest BCUT2D eigenvalue weighted by Crippen LogP contribution is -2.62. The standard InChI is InChI=1S/C98H134FN19O23S2/c1-10-12-24-74-90(132)107-68(41-55(3)4)89(131)111-84(85(101)127)98(5,6)142-54-81(122)104-70(42-56-29-31-61(99)32-30-56)95(137)116-39-19-18-27-75(116)92(134)110-72(48-83(125)126)96(138)117-40-20-28-76(117)91(133)108-69(43-57-36-38-102-49-57)88(130)106-67(33-34-82(123)124)94(136)118-52-62(119)47-78(118)79(120)46-58(44-59-50-103-65-23-16-14-21-63(59)65)86(128)105-66(35-37-100)87(129)109-71(93(135)114(8)77(25-13-11-2)97(139)113(74)7)45-60-51-115(53-80(121)112-143(9,140)141)73-26-17-15-22-64(60)73/h14-17,21-23,26,29-32,38,49-51,55,58,62,66-72,74-78,84,103,119H,10-13,18-20,24-25,27-28,33-37,39-48,52-54,100H2,1-9H3,(H2,101,127)(H,104,122)(H,105,128)(H,106,130)(H,107,132)(H,108,133)(H,109,129)(H,110,134)(H,111,131)(H,112,121)(H,123,124)(H,125,126)/t58-,62-,66+,67+,68+,69+,70+,71+,72+,74+,75+,76+,77+,78+,84-/m1/s1. The summed E-state index contributed by atoms with van der Waals surface area (Å²) in [5, 5.41) is 54.8. The zero-order valence-electron chi connectivity index (χ0n) is 82.0. The number of amides is 15. The van der Waals surface area contributed by atoms with Gasteiger partial charge in [-0.2, -0.15) is 0 Å². The molecule has 0 radical (unpaired) electrons. The van der Waals surface area contributed by atoms with Gasteiger partial charge in [0.2, 0.25) is 92.7 Å². The molecule has 0 spiro atoms. The number of hydrogen-bond donors (Lipinski definition) is 15. The van der Waals surface area contributed by atoms with Crippen LogP contribution < -0.4 is 58.7 Å². The number of aliphatic hydroxyl groups is 1. The number of carboxylic acid groups (broad SMARTS) is 2. The molecule has 0 aliphatic carbocycles. The fourth-order valence-corrected chi connectivity index (χ4v) is 20.5. The third kappa shape index (κ3) is 30.5. The molecule has 42 nitrogen and oxygen atoms in total. The van der Waals surface area contributed by atoms with E-state index in [-0.39, 0.29) is 96.2 Å². The number of unbranched alkanes of at least 4 members (excludes halogenated alkanes) is 2. The smallest absolute Gasteiger partial charge is 0.305 e. The summed E-state index contributed by atoms with van der Waals surface area (Å²) in [5.41, 5.74) is 15.0. The maximum Gasteiger partial charge on any atom is 0.305 e. The number of nitrogens with two attached hydrogens (primary N) is 2. The number of carbonyl (C=O) groups is 18. The molecule has 4 fully saturated rings. The molecule has 5 aliphatic heterocycles. The number of aromatic amines is 1. The van der Waals surface area contributed by atoms with Crippen LogP contribution in [-0.4, -0.2) is 312 Å². The van der Waals surface area contributed by atoms with Crippen LogP contribution in [0.2, 0.25) is 0 Å². The Morgan fingerprint density at radius 1 is 0.601 bits per heavy atom. The predicted molar refractivity (Wildman–Crippen MR) is 525 cm³/mol. The van der Waals surface area contributed by atoms with Crippen molar-refractivity contribution in [2.24, 2.45) is 28.3 Å². The van der Waals surface area contributed by atoms with Gasteiger partial charge in [0.1, 0.15) is 84.9 Å². The summed E-state index contributed by atoms with van der Waals surface area (Å²) in [4.78, 5) is 280. The monoisotopic (exact) mass is 2030 g/mol. The molecule has 4 saturated heterocycles. The predicted octanol–water partition coefficient (Wildman–Crippen LogP) is 1.68. The average molecular weight is 2030 g/mol. The van der Waals surface area contributed by atoms with Crippen LogP contribution in [0.3, 0.4) is 0 Å². The number of hydrogen-bond acceptors (Lipinski definition) is 24. The number of sulfonamides is 1. The van der Waals surface area contributed by atoms with E-state index < -0.39 is 275 Å². The second-order valence-corrected chi connectivity index (χ2v) is 41.8. The number of H-pyrrole nitrogens is 1. The number of primary amides is 1. The lowest BCUT2D eigenvalue weighted by atomic mass is 9.90. The van der Waals surface area contributed by atoms with E-state index in [0.717, 1.165) is 54.6 Å². The van der Waals surface area contributed by atoms with E-state index in [4.69, 9.17) is 11.5 Å². The van der Waals surface area contributed by atoms with Crippen molar-refractivity contribution in [3.8, 4) is 0 Å². The molecule has 7 heterocycles. The number of nitrogens with zero attached hydrogens (tertiary/aromatic N) is 7. The lowest BCUT2D eigenvalue weighted by Gasteiger charge is -2.38. The summed E-state index contributed by atoms with van der Waals surface area (Å²) in [5.74, 6) is -21.1. The Balaban J connectivity index is 1.05. The minimum atomic E-state index is -4.08. The Bertz CT molecular complexity index is 5710. The normalized spacial score (nSPS) is 25.5. The van der Waals surface area contributed by atoms with Gasteiger partial charge in [0.15, 0.2) is 5.78 Å². The number of rotatable bonds is 27. The van der Waals surface area contributed by atoms with E-state index in [2.05, 4.69) is 52.5 Å². The Morgan fingerprint density at radius 3 is 1.82 bits per heavy atom. The highest BCUT2D eigenvalue weighted by Gasteiger charge is 2.49. The fourth-order valence-electron chi connectivity index (χ4n) is 19.1. The molecule has 3 aromatic carbocycles. The highest BCUT2D eigenvalue weighted by molar-refractivity contribution is 8.01. The van der Waals surface area contributed by atoms with Crippen LogP contribution in [-0.2, 0) is 122 Å². The van der Waals surface area contributed by atoms with E-state index >= 15 is 57.5 Å². The van der Waals surface area contributed by atoms with Gasteiger partial charge in [-0.3, -0.25) is 96.0 Å². The number of carboxylic acids is 2. The van der Waals surface area contributed by atoms with Crippen LogP contribution in [0.15, 0.2) is 102 Å². The number of fused-ring (bicyclic) bond motifs is 5. The van der Waals surface area contributed by atoms with Gasteiger partial charge in [0.05, 0.1) is 30.6 Å². The molecule has 15 amide bonds. The van der Waals surface area contributed by atoms with Crippen LogP contribution in [0, 0.1) is 17.7 Å². The van der Waals surface area contributed by atoms with Crippen molar-refractivity contribution in [3.05, 3.63) is 119 Å². The van der Waals surface area contributed by atoms with E-state index in [9.17, 15) is 56.9 Å². The van der Waals surface area contributed by atoms with E-state index in [1.807, 2.05) is 18.6 Å². The van der Waals surface area contributed by atoms with Crippen LogP contribution in [0.1, 0.15) is 187 Å². The Kier molecular flexibility index (Phi) is 40.1. The molecule has 143 heavy (non-hydrogen) atoms. The molecule has 0 bridgehead atoms. The molecule has 0 unspecified atom stereocenters. The number of piperidine rings is 1. The summed E-state index contributed by atoms with van der Waals surface area (Å²) in [6.07, 6.45) is 2.26. The molecule has 5 aromatic rings. The minimum Gasteiger partial charge on any atom is -0.481 e. The number of carbonyl (C=O) groups excluding carboxylic acids is 16. The number of ketones is 1. The number of Topliss-reactive ketones (excluding diaryl/α,β-unsaturated/α-hetero) is 1. The summed E-state index contributed by atoms with van der Waals surface area (Å²) in [6.45, 7) is 8.44. The number of benzene rings is 3. The number of likely N-dealkylation sites (N-methyl/N-ethyl adjacent to an activating group) is 2. The number of halogens is 1. The molecule has 17 N–H and O–H groups in total. The third-order valence-corrected chi connectivity index (χ3v) is 28.5. The highest BCUT2D eigenvalue weighted by atomic mass is 32.2.